The number of nitrogens with zero attached hydrogens (tertiary/aromatic N) is 1. The van der Waals surface area contributed by atoms with Crippen LogP contribution in [-0.4, -0.2) is 48.8 Å². The zero-order chi connectivity index (χ0) is 8.97. The van der Waals surface area contributed by atoms with Crippen LogP contribution in [0.1, 0.15) is 12.8 Å². The Labute approximate surface area is 72.1 Å². The number of carbonyl (C=O) groups is 1. The smallest absolute Gasteiger partial charge is 0.320 e. The molecule has 1 heterocycles. The summed E-state index contributed by atoms with van der Waals surface area (Å²) >= 11 is 0. The first-order valence-electron chi connectivity index (χ1n) is 4.21. The molecule has 1 N–H and O–H groups in total. The largest absolute Gasteiger partial charge is 0.480 e. The van der Waals surface area contributed by atoms with Crippen LogP contribution in [0.5, 0.6) is 0 Å². The third-order valence-corrected chi connectivity index (χ3v) is 2.21. The highest BCUT2D eigenvalue weighted by molar-refractivity contribution is 5.74. The highest BCUT2D eigenvalue weighted by atomic mass is 16.5. The summed E-state index contributed by atoms with van der Waals surface area (Å²) in [6.07, 6.45) is 1.71. The lowest BCUT2D eigenvalue weighted by Crippen LogP contribution is -2.52. The Morgan fingerprint density at radius 3 is 2.92 bits per heavy atom. The summed E-state index contributed by atoms with van der Waals surface area (Å²) in [4.78, 5) is 12.5. The number of hydrogen-bond donors (Lipinski definition) is 1. The number of carboxylic acids is 1. The zero-order valence-electron chi connectivity index (χ0n) is 7.32. The Kier molecular flexibility index (Phi) is 3.49. The maximum Gasteiger partial charge on any atom is 0.320 e. The van der Waals surface area contributed by atoms with E-state index in [-0.39, 0.29) is 6.04 Å². The maximum atomic E-state index is 10.6. The molecule has 1 aliphatic heterocycles. The molecule has 1 unspecified atom stereocenters. The van der Waals surface area contributed by atoms with Crippen LogP contribution >= 0.6 is 0 Å². The van der Waals surface area contributed by atoms with Gasteiger partial charge >= 0.3 is 5.97 Å². The molecule has 0 aromatic rings. The van der Waals surface area contributed by atoms with Gasteiger partial charge in [0.05, 0.1) is 0 Å². The average molecular weight is 173 g/mol. The second-order valence-corrected chi connectivity index (χ2v) is 3.03. The van der Waals surface area contributed by atoms with E-state index in [9.17, 15) is 4.79 Å². The van der Waals surface area contributed by atoms with Crippen molar-refractivity contribution in [1.29, 1.82) is 0 Å². The molecule has 0 bridgehead atoms. The van der Waals surface area contributed by atoms with Crippen molar-refractivity contribution in [3.8, 4) is 0 Å². The topological polar surface area (TPSA) is 49.8 Å². The Morgan fingerprint density at radius 1 is 1.75 bits per heavy atom. The molecule has 1 saturated heterocycles. The van der Waals surface area contributed by atoms with Gasteiger partial charge in [0.25, 0.3) is 0 Å². The van der Waals surface area contributed by atoms with Crippen LogP contribution in [0.15, 0.2) is 0 Å². The summed E-state index contributed by atoms with van der Waals surface area (Å²) in [7, 11) is 1.66. The van der Waals surface area contributed by atoms with Crippen molar-refractivity contribution in [2.24, 2.45) is 0 Å². The van der Waals surface area contributed by atoms with Crippen LogP contribution in [0.3, 0.4) is 0 Å². The first-order valence-corrected chi connectivity index (χ1v) is 4.21. The van der Waals surface area contributed by atoms with Crippen LogP contribution in [-0.2, 0) is 9.53 Å². The molecule has 0 aliphatic carbocycles. The van der Waals surface area contributed by atoms with Gasteiger partial charge in [0, 0.05) is 26.8 Å². The van der Waals surface area contributed by atoms with Gasteiger partial charge < -0.3 is 9.84 Å². The maximum absolute atomic E-state index is 10.6. The SMILES string of the molecule is COCCCN1CCC1C(=O)O. The lowest BCUT2D eigenvalue weighted by molar-refractivity contribution is -0.148. The van der Waals surface area contributed by atoms with E-state index in [0.29, 0.717) is 6.61 Å². The average Bonchev–Trinajstić information content (AvgIpc) is 1.94. The standard InChI is InChI=1S/C8H15NO3/c1-12-6-2-4-9-5-3-7(9)8(10)11/h7H,2-6H2,1H3,(H,10,11). The van der Waals surface area contributed by atoms with Crippen LogP contribution in [0.25, 0.3) is 0 Å². The monoisotopic (exact) mass is 173 g/mol. The second kappa shape index (κ2) is 4.42. The van der Waals surface area contributed by atoms with Crippen molar-refractivity contribution >= 4 is 5.97 Å². The van der Waals surface area contributed by atoms with Crippen LogP contribution in [0.2, 0.25) is 0 Å². The molecule has 1 fully saturated rings. The number of methoxy groups -OCH3 is 1. The molecule has 0 saturated carbocycles. The molecule has 0 amide bonds. The lowest BCUT2D eigenvalue weighted by Gasteiger charge is -2.37. The molecular formula is C8H15NO3. The van der Waals surface area contributed by atoms with Gasteiger partial charge in [-0.3, -0.25) is 9.69 Å². The minimum absolute atomic E-state index is 0.234. The minimum atomic E-state index is -0.696. The molecule has 1 aliphatic rings. The van der Waals surface area contributed by atoms with Crippen molar-refractivity contribution in [2.75, 3.05) is 26.8 Å². The summed E-state index contributed by atoms with van der Waals surface area (Å²) in [6, 6.07) is -0.234. The number of aliphatic carboxylic acids is 1. The van der Waals surface area contributed by atoms with E-state index in [1.165, 1.54) is 0 Å². The molecule has 1 rings (SSSR count). The number of rotatable bonds is 5. The van der Waals surface area contributed by atoms with E-state index in [1.54, 1.807) is 7.11 Å². The molecule has 0 radical (unpaired) electrons. The summed E-state index contributed by atoms with van der Waals surface area (Å²) in [5, 5.41) is 8.69. The van der Waals surface area contributed by atoms with Gasteiger partial charge in [0.2, 0.25) is 0 Å². The summed E-state index contributed by atoms with van der Waals surface area (Å²) in [5.41, 5.74) is 0. The van der Waals surface area contributed by atoms with Crippen molar-refractivity contribution in [3.63, 3.8) is 0 Å². The molecular weight excluding hydrogens is 158 g/mol. The molecule has 0 aromatic carbocycles. The number of likely N-dealkylation sites (tertiary alicyclic amines) is 1. The van der Waals surface area contributed by atoms with Gasteiger partial charge in [-0.15, -0.1) is 0 Å². The third-order valence-electron chi connectivity index (χ3n) is 2.21. The van der Waals surface area contributed by atoms with Crippen molar-refractivity contribution in [1.82, 2.24) is 4.90 Å². The predicted molar refractivity (Wildman–Crippen MR) is 44.1 cm³/mol. The van der Waals surface area contributed by atoms with Crippen LogP contribution in [0.4, 0.5) is 0 Å². The molecule has 0 spiro atoms. The number of hydrogen-bond acceptors (Lipinski definition) is 3. The fraction of sp³-hybridized carbons (Fsp3) is 0.875. The van der Waals surface area contributed by atoms with Crippen LogP contribution < -0.4 is 0 Å². The van der Waals surface area contributed by atoms with Gasteiger partial charge in [-0.25, -0.2) is 0 Å². The Hall–Kier alpha value is -0.610. The minimum Gasteiger partial charge on any atom is -0.480 e. The van der Waals surface area contributed by atoms with E-state index in [4.69, 9.17) is 9.84 Å². The summed E-state index contributed by atoms with van der Waals surface area (Å²) in [6.45, 7) is 2.47. The Balaban J connectivity index is 2.12. The van der Waals surface area contributed by atoms with E-state index in [1.807, 2.05) is 4.90 Å². The summed E-state index contributed by atoms with van der Waals surface area (Å²) < 4.78 is 4.88. The molecule has 4 heteroatoms. The Morgan fingerprint density at radius 2 is 2.50 bits per heavy atom. The van der Waals surface area contributed by atoms with E-state index in [2.05, 4.69) is 0 Å². The molecule has 0 aromatic heterocycles. The lowest BCUT2D eigenvalue weighted by atomic mass is 10.0. The van der Waals surface area contributed by atoms with Crippen LogP contribution in [0, 0.1) is 0 Å². The fourth-order valence-corrected chi connectivity index (χ4v) is 1.40. The zero-order valence-corrected chi connectivity index (χ0v) is 7.32. The van der Waals surface area contributed by atoms with Gasteiger partial charge in [0.1, 0.15) is 6.04 Å². The van der Waals surface area contributed by atoms with E-state index < -0.39 is 5.97 Å². The molecule has 4 nitrogen and oxygen atoms in total. The first-order chi connectivity index (χ1) is 5.75. The molecule has 1 atom stereocenters. The van der Waals surface area contributed by atoms with E-state index >= 15 is 0 Å². The van der Waals surface area contributed by atoms with Gasteiger partial charge in [0.15, 0.2) is 0 Å². The second-order valence-electron chi connectivity index (χ2n) is 3.03. The van der Waals surface area contributed by atoms with E-state index in [0.717, 1.165) is 25.9 Å². The van der Waals surface area contributed by atoms with Crippen molar-refractivity contribution in [2.45, 2.75) is 18.9 Å². The number of ether oxygens (including phenoxy) is 1. The predicted octanol–water partition coefficient (Wildman–Crippen LogP) is 0.182. The highest BCUT2D eigenvalue weighted by Crippen LogP contribution is 2.17. The normalized spacial score (nSPS) is 23.6. The fourth-order valence-electron chi connectivity index (χ4n) is 1.40. The quantitative estimate of drug-likeness (QED) is 0.603. The van der Waals surface area contributed by atoms with Crippen molar-refractivity contribution in [3.05, 3.63) is 0 Å². The number of carboxylic acid groups (broad SMARTS) is 1. The Bertz CT molecular complexity index is 160. The first kappa shape index (κ1) is 9.48. The molecule has 12 heavy (non-hydrogen) atoms. The summed E-state index contributed by atoms with van der Waals surface area (Å²) in [5.74, 6) is -0.696. The van der Waals surface area contributed by atoms with Gasteiger partial charge in [-0.05, 0) is 12.8 Å². The molecule has 70 valence electrons. The third kappa shape index (κ3) is 2.19. The van der Waals surface area contributed by atoms with Gasteiger partial charge in [-0.1, -0.05) is 0 Å². The van der Waals surface area contributed by atoms with Crippen molar-refractivity contribution < 1.29 is 14.6 Å². The highest BCUT2D eigenvalue weighted by Gasteiger charge is 2.32. The van der Waals surface area contributed by atoms with Gasteiger partial charge in [-0.2, -0.15) is 0 Å².